The fourth-order valence-electron chi connectivity index (χ4n) is 2.28. The Labute approximate surface area is 102 Å². The second-order valence-corrected chi connectivity index (χ2v) is 5.49. The summed E-state index contributed by atoms with van der Waals surface area (Å²) in [7, 11) is 2.00. The number of aromatic nitrogens is 1. The van der Waals surface area contributed by atoms with E-state index in [4.69, 9.17) is 0 Å². The van der Waals surface area contributed by atoms with Crippen LogP contribution >= 0.6 is 11.3 Å². The Bertz CT molecular complexity index is 337. The van der Waals surface area contributed by atoms with Crippen molar-refractivity contribution in [1.29, 1.82) is 0 Å². The standard InChI is InChI=1S/C12H21N3S/c1-4-15-7-5-6-10(15)12-14-8-11(16-12)9(2)13-3/h8-10,13H,4-7H2,1-3H3. The predicted octanol–water partition coefficient (Wildman–Crippen LogP) is 2.58. The first-order valence-corrected chi connectivity index (χ1v) is 6.94. The minimum atomic E-state index is 0.419. The van der Waals surface area contributed by atoms with E-state index in [2.05, 4.69) is 29.0 Å². The van der Waals surface area contributed by atoms with Crippen LogP contribution in [0.4, 0.5) is 0 Å². The van der Waals surface area contributed by atoms with Crippen molar-refractivity contribution in [1.82, 2.24) is 15.2 Å². The van der Waals surface area contributed by atoms with Crippen LogP contribution in [0, 0.1) is 0 Å². The molecule has 0 amide bonds. The second kappa shape index (κ2) is 5.25. The second-order valence-electron chi connectivity index (χ2n) is 4.40. The van der Waals surface area contributed by atoms with E-state index in [1.807, 2.05) is 24.6 Å². The first kappa shape index (κ1) is 12.0. The topological polar surface area (TPSA) is 28.2 Å². The van der Waals surface area contributed by atoms with Gasteiger partial charge in [-0.15, -0.1) is 11.3 Å². The molecule has 4 heteroatoms. The van der Waals surface area contributed by atoms with Crippen molar-refractivity contribution < 1.29 is 0 Å². The monoisotopic (exact) mass is 239 g/mol. The van der Waals surface area contributed by atoms with E-state index in [0.717, 1.165) is 6.54 Å². The summed E-state index contributed by atoms with van der Waals surface area (Å²) < 4.78 is 0. The van der Waals surface area contributed by atoms with Crippen LogP contribution < -0.4 is 5.32 Å². The van der Waals surface area contributed by atoms with Gasteiger partial charge in [0.1, 0.15) is 5.01 Å². The molecule has 3 nitrogen and oxygen atoms in total. The first-order chi connectivity index (χ1) is 7.76. The highest BCUT2D eigenvalue weighted by Gasteiger charge is 2.27. The van der Waals surface area contributed by atoms with Crippen molar-refractivity contribution in [2.75, 3.05) is 20.1 Å². The van der Waals surface area contributed by atoms with Gasteiger partial charge in [-0.3, -0.25) is 4.90 Å². The molecule has 2 rings (SSSR count). The summed E-state index contributed by atoms with van der Waals surface area (Å²) >= 11 is 1.87. The molecule has 0 radical (unpaired) electrons. The van der Waals surface area contributed by atoms with E-state index in [-0.39, 0.29) is 0 Å². The molecule has 0 bridgehead atoms. The smallest absolute Gasteiger partial charge is 0.110 e. The van der Waals surface area contributed by atoms with Gasteiger partial charge in [0, 0.05) is 17.1 Å². The largest absolute Gasteiger partial charge is 0.312 e. The molecular formula is C12H21N3S. The van der Waals surface area contributed by atoms with Crippen LogP contribution in [0.15, 0.2) is 6.20 Å². The number of likely N-dealkylation sites (tertiary alicyclic amines) is 1. The molecule has 0 saturated carbocycles. The molecule has 0 aromatic carbocycles. The Hall–Kier alpha value is -0.450. The highest BCUT2D eigenvalue weighted by Crippen LogP contribution is 2.35. The van der Waals surface area contributed by atoms with Crippen LogP contribution in [-0.4, -0.2) is 30.0 Å². The zero-order chi connectivity index (χ0) is 11.5. The lowest BCUT2D eigenvalue weighted by atomic mass is 10.2. The molecule has 0 aliphatic carbocycles. The minimum Gasteiger partial charge on any atom is -0.312 e. The van der Waals surface area contributed by atoms with Gasteiger partial charge in [0.05, 0.1) is 6.04 Å². The molecule has 1 aromatic heterocycles. The number of hydrogen-bond acceptors (Lipinski definition) is 4. The Morgan fingerprint density at radius 3 is 3.19 bits per heavy atom. The van der Waals surface area contributed by atoms with E-state index >= 15 is 0 Å². The van der Waals surface area contributed by atoms with Crippen molar-refractivity contribution in [3.05, 3.63) is 16.1 Å². The van der Waals surface area contributed by atoms with Gasteiger partial charge in [-0.25, -0.2) is 4.98 Å². The lowest BCUT2D eigenvalue weighted by Gasteiger charge is -2.20. The molecular weight excluding hydrogens is 218 g/mol. The average molecular weight is 239 g/mol. The van der Waals surface area contributed by atoms with Gasteiger partial charge in [0.25, 0.3) is 0 Å². The van der Waals surface area contributed by atoms with Crippen molar-refractivity contribution in [3.8, 4) is 0 Å². The van der Waals surface area contributed by atoms with Gasteiger partial charge in [0.2, 0.25) is 0 Å². The molecule has 1 aliphatic heterocycles. The van der Waals surface area contributed by atoms with Crippen molar-refractivity contribution in [3.63, 3.8) is 0 Å². The number of nitrogens with zero attached hydrogens (tertiary/aromatic N) is 2. The van der Waals surface area contributed by atoms with Crippen LogP contribution in [0.5, 0.6) is 0 Å². The van der Waals surface area contributed by atoms with Crippen molar-refractivity contribution in [2.45, 2.75) is 38.8 Å². The third kappa shape index (κ3) is 2.29. The minimum absolute atomic E-state index is 0.419. The quantitative estimate of drug-likeness (QED) is 0.875. The van der Waals surface area contributed by atoms with E-state index in [9.17, 15) is 0 Å². The molecule has 2 atom stereocenters. The summed E-state index contributed by atoms with van der Waals surface area (Å²) in [6.45, 7) is 6.80. The summed E-state index contributed by atoms with van der Waals surface area (Å²) in [4.78, 5) is 8.48. The summed E-state index contributed by atoms with van der Waals surface area (Å²) in [6, 6.07) is 0.996. The molecule has 2 unspecified atom stereocenters. The van der Waals surface area contributed by atoms with Gasteiger partial charge >= 0.3 is 0 Å². The van der Waals surface area contributed by atoms with Crippen molar-refractivity contribution in [2.24, 2.45) is 0 Å². The van der Waals surface area contributed by atoms with E-state index < -0.39 is 0 Å². The Kier molecular flexibility index (Phi) is 3.95. The van der Waals surface area contributed by atoms with Gasteiger partial charge in [0.15, 0.2) is 0 Å². The third-order valence-corrected chi connectivity index (χ3v) is 4.74. The normalized spacial score (nSPS) is 23.8. The first-order valence-electron chi connectivity index (χ1n) is 6.13. The highest BCUT2D eigenvalue weighted by atomic mass is 32.1. The Morgan fingerprint density at radius 1 is 1.69 bits per heavy atom. The molecule has 1 saturated heterocycles. The lowest BCUT2D eigenvalue weighted by Crippen LogP contribution is -2.22. The molecule has 1 N–H and O–H groups in total. The Morgan fingerprint density at radius 2 is 2.50 bits per heavy atom. The number of nitrogens with one attached hydrogen (secondary N) is 1. The van der Waals surface area contributed by atoms with E-state index in [0.29, 0.717) is 12.1 Å². The van der Waals surface area contributed by atoms with Crippen LogP contribution in [0.1, 0.15) is 48.7 Å². The maximum atomic E-state index is 4.60. The zero-order valence-corrected chi connectivity index (χ0v) is 11.2. The molecule has 0 spiro atoms. The number of rotatable bonds is 4. The summed E-state index contributed by atoms with van der Waals surface area (Å²) in [5.41, 5.74) is 0. The summed E-state index contributed by atoms with van der Waals surface area (Å²) in [6.07, 6.45) is 4.62. The fraction of sp³-hybridized carbons (Fsp3) is 0.750. The maximum Gasteiger partial charge on any atom is 0.110 e. The average Bonchev–Trinajstić information content (AvgIpc) is 2.95. The van der Waals surface area contributed by atoms with E-state index in [1.54, 1.807) is 0 Å². The summed E-state index contributed by atoms with van der Waals surface area (Å²) in [5.74, 6) is 0. The molecule has 1 fully saturated rings. The highest BCUT2D eigenvalue weighted by molar-refractivity contribution is 7.11. The predicted molar refractivity (Wildman–Crippen MR) is 68.8 cm³/mol. The van der Waals surface area contributed by atoms with Crippen LogP contribution in [0.3, 0.4) is 0 Å². The van der Waals surface area contributed by atoms with Crippen molar-refractivity contribution >= 4 is 11.3 Å². The van der Waals surface area contributed by atoms with Gasteiger partial charge < -0.3 is 5.32 Å². The fourth-order valence-corrected chi connectivity index (χ4v) is 3.43. The van der Waals surface area contributed by atoms with Gasteiger partial charge in [-0.2, -0.15) is 0 Å². The van der Waals surface area contributed by atoms with Gasteiger partial charge in [-0.05, 0) is 39.9 Å². The molecule has 1 aliphatic rings. The third-order valence-electron chi connectivity index (χ3n) is 3.46. The van der Waals surface area contributed by atoms with E-state index in [1.165, 1.54) is 29.3 Å². The molecule has 2 heterocycles. The number of hydrogen-bond donors (Lipinski definition) is 1. The molecule has 1 aromatic rings. The van der Waals surface area contributed by atoms with Crippen LogP contribution in [-0.2, 0) is 0 Å². The lowest BCUT2D eigenvalue weighted by molar-refractivity contribution is 0.271. The zero-order valence-electron chi connectivity index (χ0n) is 10.4. The number of thiazole rings is 1. The Balaban J connectivity index is 2.12. The SMILES string of the molecule is CCN1CCCC1c1ncc(C(C)NC)s1. The van der Waals surface area contributed by atoms with Crippen LogP contribution in [0.2, 0.25) is 0 Å². The van der Waals surface area contributed by atoms with Gasteiger partial charge in [-0.1, -0.05) is 6.92 Å². The summed E-state index contributed by atoms with van der Waals surface area (Å²) in [5, 5.41) is 4.57. The maximum absolute atomic E-state index is 4.60. The molecule has 16 heavy (non-hydrogen) atoms. The van der Waals surface area contributed by atoms with Crippen LogP contribution in [0.25, 0.3) is 0 Å². The molecule has 90 valence electrons.